The van der Waals surface area contributed by atoms with Crippen molar-refractivity contribution in [1.29, 1.82) is 0 Å². The lowest BCUT2D eigenvalue weighted by atomic mass is 10.2. The predicted octanol–water partition coefficient (Wildman–Crippen LogP) is 3.45. The number of amides is 2. The SMILES string of the molecule is CCOc1cc(NC(=O)NCc2ccc([S@](C)=O)cc2)ccc1C. The van der Waals surface area contributed by atoms with E-state index in [9.17, 15) is 9.00 Å². The van der Waals surface area contributed by atoms with Gasteiger partial charge in [0.1, 0.15) is 5.75 Å². The number of aryl methyl sites for hydroxylation is 1. The number of rotatable bonds is 6. The molecule has 2 rings (SSSR count). The van der Waals surface area contributed by atoms with Crippen LogP contribution in [0.4, 0.5) is 10.5 Å². The average Bonchev–Trinajstić information content (AvgIpc) is 2.56. The van der Waals surface area contributed by atoms with E-state index in [2.05, 4.69) is 10.6 Å². The van der Waals surface area contributed by atoms with E-state index in [1.54, 1.807) is 18.4 Å². The lowest BCUT2D eigenvalue weighted by Crippen LogP contribution is -2.28. The first kappa shape index (κ1) is 18.0. The number of hydrogen-bond acceptors (Lipinski definition) is 3. The van der Waals surface area contributed by atoms with Crippen molar-refractivity contribution < 1.29 is 13.7 Å². The van der Waals surface area contributed by atoms with Gasteiger partial charge in [-0.2, -0.15) is 0 Å². The molecule has 0 aliphatic carbocycles. The smallest absolute Gasteiger partial charge is 0.319 e. The van der Waals surface area contributed by atoms with Crippen LogP contribution in [0.1, 0.15) is 18.1 Å². The van der Waals surface area contributed by atoms with Crippen LogP contribution in [0.15, 0.2) is 47.4 Å². The Kier molecular flexibility index (Phi) is 6.37. The van der Waals surface area contributed by atoms with Crippen LogP contribution in [0.3, 0.4) is 0 Å². The molecule has 0 heterocycles. The Balaban J connectivity index is 1.91. The van der Waals surface area contributed by atoms with Gasteiger partial charge in [0.05, 0.1) is 6.61 Å². The molecule has 0 aromatic heterocycles. The highest BCUT2D eigenvalue weighted by molar-refractivity contribution is 7.84. The predicted molar refractivity (Wildman–Crippen MR) is 97.0 cm³/mol. The third kappa shape index (κ3) is 5.09. The number of nitrogens with one attached hydrogen (secondary N) is 2. The molecule has 0 aliphatic rings. The standard InChI is InChI=1S/C18H22N2O3S/c1-4-23-17-11-15(8-5-13(17)2)20-18(21)19-12-14-6-9-16(10-7-14)24(3)22/h5-11H,4,12H2,1-3H3,(H2,19,20,21)/t24-/m0/s1. The Bertz CT molecular complexity index is 730. The van der Waals surface area contributed by atoms with Crippen LogP contribution in [0.2, 0.25) is 0 Å². The number of ether oxygens (including phenoxy) is 1. The molecule has 2 aromatic rings. The first-order valence-electron chi connectivity index (χ1n) is 7.70. The topological polar surface area (TPSA) is 67.4 Å². The van der Waals surface area contributed by atoms with E-state index in [0.29, 0.717) is 18.8 Å². The number of urea groups is 1. The molecule has 0 spiro atoms. The van der Waals surface area contributed by atoms with Crippen LogP contribution >= 0.6 is 0 Å². The molecule has 0 saturated carbocycles. The Labute approximate surface area is 144 Å². The Morgan fingerprint density at radius 3 is 2.50 bits per heavy atom. The summed E-state index contributed by atoms with van der Waals surface area (Å²) in [5.74, 6) is 0.762. The zero-order valence-electron chi connectivity index (χ0n) is 14.1. The molecule has 2 amide bonds. The molecule has 0 aliphatic heterocycles. The molecule has 0 radical (unpaired) electrons. The van der Waals surface area contributed by atoms with Gasteiger partial charge in [-0.25, -0.2) is 4.79 Å². The second-order valence-corrected chi connectivity index (χ2v) is 6.70. The van der Waals surface area contributed by atoms with E-state index in [0.717, 1.165) is 21.8 Å². The lowest BCUT2D eigenvalue weighted by Gasteiger charge is -2.11. The fraction of sp³-hybridized carbons (Fsp3) is 0.278. The molecule has 24 heavy (non-hydrogen) atoms. The maximum Gasteiger partial charge on any atom is 0.319 e. The van der Waals surface area contributed by atoms with Crippen LogP contribution in [-0.4, -0.2) is 23.1 Å². The molecule has 0 unspecified atom stereocenters. The van der Waals surface area contributed by atoms with E-state index >= 15 is 0 Å². The van der Waals surface area contributed by atoms with Gasteiger partial charge in [-0.1, -0.05) is 18.2 Å². The summed E-state index contributed by atoms with van der Waals surface area (Å²) in [6, 6.07) is 12.6. The first-order valence-corrected chi connectivity index (χ1v) is 9.26. The maximum absolute atomic E-state index is 12.0. The number of carbonyl (C=O) groups excluding carboxylic acids is 1. The van der Waals surface area contributed by atoms with Crippen molar-refractivity contribution in [2.75, 3.05) is 18.2 Å². The summed E-state index contributed by atoms with van der Waals surface area (Å²) in [4.78, 5) is 12.8. The Hall–Kier alpha value is -2.34. The van der Waals surface area contributed by atoms with Crippen LogP contribution < -0.4 is 15.4 Å². The zero-order valence-corrected chi connectivity index (χ0v) is 14.9. The molecular formula is C18H22N2O3S. The van der Waals surface area contributed by atoms with E-state index < -0.39 is 10.8 Å². The second kappa shape index (κ2) is 8.49. The minimum absolute atomic E-state index is 0.288. The summed E-state index contributed by atoms with van der Waals surface area (Å²) in [6.07, 6.45) is 1.64. The van der Waals surface area contributed by atoms with Crippen LogP contribution in [0.5, 0.6) is 5.75 Å². The van der Waals surface area contributed by atoms with Crippen LogP contribution in [0, 0.1) is 6.92 Å². The van der Waals surface area contributed by atoms with Gasteiger partial charge in [0.2, 0.25) is 0 Å². The minimum Gasteiger partial charge on any atom is -0.494 e. The molecule has 1 atom stereocenters. The van der Waals surface area contributed by atoms with Gasteiger partial charge in [0, 0.05) is 40.2 Å². The zero-order chi connectivity index (χ0) is 17.5. The number of benzene rings is 2. The van der Waals surface area contributed by atoms with E-state index in [1.807, 2.05) is 44.2 Å². The van der Waals surface area contributed by atoms with E-state index in [-0.39, 0.29) is 6.03 Å². The van der Waals surface area contributed by atoms with Crippen molar-refractivity contribution in [3.05, 3.63) is 53.6 Å². The highest BCUT2D eigenvalue weighted by Crippen LogP contribution is 2.22. The van der Waals surface area contributed by atoms with Crippen molar-refractivity contribution in [3.8, 4) is 5.75 Å². The molecule has 5 nitrogen and oxygen atoms in total. The van der Waals surface area contributed by atoms with Gasteiger partial charge in [0.15, 0.2) is 0 Å². The summed E-state index contributed by atoms with van der Waals surface area (Å²) < 4.78 is 16.9. The molecule has 6 heteroatoms. The van der Waals surface area contributed by atoms with E-state index in [1.165, 1.54) is 0 Å². The Morgan fingerprint density at radius 2 is 1.88 bits per heavy atom. The fourth-order valence-electron chi connectivity index (χ4n) is 2.15. The first-order chi connectivity index (χ1) is 11.5. The minimum atomic E-state index is -0.994. The van der Waals surface area contributed by atoms with Crippen molar-refractivity contribution in [1.82, 2.24) is 5.32 Å². The molecule has 0 bridgehead atoms. The fourth-order valence-corrected chi connectivity index (χ4v) is 2.66. The third-order valence-corrected chi connectivity index (χ3v) is 4.39. The molecule has 2 aromatic carbocycles. The van der Waals surface area contributed by atoms with Crippen molar-refractivity contribution in [2.45, 2.75) is 25.3 Å². The number of hydrogen-bond donors (Lipinski definition) is 2. The van der Waals surface area contributed by atoms with Crippen molar-refractivity contribution in [2.24, 2.45) is 0 Å². The monoisotopic (exact) mass is 346 g/mol. The summed E-state index contributed by atoms with van der Waals surface area (Å²) in [7, 11) is -0.994. The van der Waals surface area contributed by atoms with Gasteiger partial charge in [0.25, 0.3) is 0 Å². The quantitative estimate of drug-likeness (QED) is 0.842. The molecule has 0 fully saturated rings. The van der Waals surface area contributed by atoms with Gasteiger partial charge in [-0.05, 0) is 43.2 Å². The second-order valence-electron chi connectivity index (χ2n) is 5.32. The van der Waals surface area contributed by atoms with Gasteiger partial charge in [-0.15, -0.1) is 0 Å². The largest absolute Gasteiger partial charge is 0.494 e. The summed E-state index contributed by atoms with van der Waals surface area (Å²) >= 11 is 0. The number of anilines is 1. The normalized spacial score (nSPS) is 11.6. The highest BCUT2D eigenvalue weighted by atomic mass is 32.2. The Morgan fingerprint density at radius 1 is 1.17 bits per heavy atom. The van der Waals surface area contributed by atoms with Crippen LogP contribution in [0.25, 0.3) is 0 Å². The summed E-state index contributed by atoms with van der Waals surface area (Å²) in [5.41, 5.74) is 2.65. The molecule has 128 valence electrons. The van der Waals surface area contributed by atoms with Gasteiger partial charge < -0.3 is 15.4 Å². The highest BCUT2D eigenvalue weighted by Gasteiger charge is 2.05. The average molecular weight is 346 g/mol. The summed E-state index contributed by atoms with van der Waals surface area (Å²) in [6.45, 7) is 4.86. The molecule has 2 N–H and O–H groups in total. The number of carbonyl (C=O) groups is 1. The summed E-state index contributed by atoms with van der Waals surface area (Å²) in [5, 5.41) is 5.58. The molecular weight excluding hydrogens is 324 g/mol. The maximum atomic E-state index is 12.0. The lowest BCUT2D eigenvalue weighted by molar-refractivity contribution is 0.251. The van der Waals surface area contributed by atoms with E-state index in [4.69, 9.17) is 4.74 Å². The third-order valence-electron chi connectivity index (χ3n) is 3.45. The van der Waals surface area contributed by atoms with Crippen molar-refractivity contribution in [3.63, 3.8) is 0 Å². The molecule has 0 saturated heterocycles. The van der Waals surface area contributed by atoms with Crippen molar-refractivity contribution >= 4 is 22.5 Å². The van der Waals surface area contributed by atoms with Crippen LogP contribution in [-0.2, 0) is 17.3 Å². The van der Waals surface area contributed by atoms with Gasteiger partial charge >= 0.3 is 6.03 Å². The van der Waals surface area contributed by atoms with Gasteiger partial charge in [-0.3, -0.25) is 4.21 Å².